The SMILES string of the molecule is CN=C(NCCCS(C)(=O)=O)Nc1ccc2c(c1)OCCCO2. The summed E-state index contributed by atoms with van der Waals surface area (Å²) in [6.07, 6.45) is 2.62. The molecule has 0 spiro atoms. The zero-order valence-electron chi connectivity index (χ0n) is 13.5. The molecular formula is C15H23N3O4S. The number of guanidine groups is 1. The number of anilines is 1. The average Bonchev–Trinajstić information content (AvgIpc) is 2.74. The highest BCUT2D eigenvalue weighted by Gasteiger charge is 2.11. The van der Waals surface area contributed by atoms with Crippen LogP contribution >= 0.6 is 0 Å². The third-order valence-corrected chi connectivity index (χ3v) is 4.25. The van der Waals surface area contributed by atoms with E-state index in [9.17, 15) is 8.42 Å². The third kappa shape index (κ3) is 5.97. The Bertz CT molecular complexity index is 659. The number of ether oxygens (including phenoxy) is 2. The molecule has 0 amide bonds. The molecule has 0 saturated carbocycles. The minimum atomic E-state index is -2.93. The number of hydrogen-bond acceptors (Lipinski definition) is 5. The maximum Gasteiger partial charge on any atom is 0.195 e. The van der Waals surface area contributed by atoms with Crippen LogP contribution in [-0.2, 0) is 9.84 Å². The van der Waals surface area contributed by atoms with Crippen molar-refractivity contribution in [2.45, 2.75) is 12.8 Å². The Hall–Kier alpha value is -1.96. The van der Waals surface area contributed by atoms with E-state index in [1.54, 1.807) is 7.05 Å². The summed E-state index contributed by atoms with van der Waals surface area (Å²) < 4.78 is 33.4. The highest BCUT2D eigenvalue weighted by molar-refractivity contribution is 7.90. The van der Waals surface area contributed by atoms with Crippen LogP contribution in [0.2, 0.25) is 0 Å². The summed E-state index contributed by atoms with van der Waals surface area (Å²) in [4.78, 5) is 4.12. The predicted octanol–water partition coefficient (Wildman–Crippen LogP) is 1.27. The Labute approximate surface area is 137 Å². The standard InChI is InChI=1S/C15H23N3O4S/c1-16-15(17-7-3-10-23(2,19)20)18-12-5-6-13-14(11-12)22-9-4-8-21-13/h5-6,11H,3-4,7-10H2,1-2H3,(H2,16,17,18). The van der Waals surface area contributed by atoms with Crippen molar-refractivity contribution in [1.29, 1.82) is 0 Å². The average molecular weight is 341 g/mol. The van der Waals surface area contributed by atoms with Crippen molar-refractivity contribution in [3.8, 4) is 11.5 Å². The molecule has 0 unspecified atom stereocenters. The normalized spacial score (nSPS) is 15.0. The smallest absolute Gasteiger partial charge is 0.195 e. The summed E-state index contributed by atoms with van der Waals surface area (Å²) in [5.74, 6) is 2.18. The quantitative estimate of drug-likeness (QED) is 0.476. The number of benzene rings is 1. The van der Waals surface area contributed by atoms with Crippen LogP contribution < -0.4 is 20.1 Å². The zero-order chi connectivity index (χ0) is 16.7. The monoisotopic (exact) mass is 341 g/mol. The summed E-state index contributed by atoms with van der Waals surface area (Å²) in [6, 6.07) is 5.61. The van der Waals surface area contributed by atoms with Crippen molar-refractivity contribution in [3.05, 3.63) is 18.2 Å². The topological polar surface area (TPSA) is 89.0 Å². The van der Waals surface area contributed by atoms with E-state index in [-0.39, 0.29) is 5.75 Å². The van der Waals surface area contributed by atoms with Gasteiger partial charge in [0.2, 0.25) is 0 Å². The van der Waals surface area contributed by atoms with E-state index in [1.165, 1.54) is 6.26 Å². The highest BCUT2D eigenvalue weighted by Crippen LogP contribution is 2.32. The highest BCUT2D eigenvalue weighted by atomic mass is 32.2. The van der Waals surface area contributed by atoms with Gasteiger partial charge in [0.25, 0.3) is 0 Å². The van der Waals surface area contributed by atoms with Crippen molar-refractivity contribution in [3.63, 3.8) is 0 Å². The van der Waals surface area contributed by atoms with Gasteiger partial charge in [-0.05, 0) is 18.6 Å². The molecule has 0 atom stereocenters. The molecule has 0 saturated heterocycles. The van der Waals surface area contributed by atoms with Gasteiger partial charge in [-0.25, -0.2) is 8.42 Å². The van der Waals surface area contributed by atoms with Crippen LogP contribution in [-0.4, -0.2) is 53.2 Å². The minimum absolute atomic E-state index is 0.154. The summed E-state index contributed by atoms with van der Waals surface area (Å²) in [5.41, 5.74) is 0.825. The number of rotatable bonds is 5. The van der Waals surface area contributed by atoms with Gasteiger partial charge in [0, 0.05) is 38.0 Å². The van der Waals surface area contributed by atoms with Gasteiger partial charge in [-0.1, -0.05) is 0 Å². The molecule has 1 aromatic rings. The fourth-order valence-corrected chi connectivity index (χ4v) is 2.77. The third-order valence-electron chi connectivity index (χ3n) is 3.22. The van der Waals surface area contributed by atoms with Crippen molar-refractivity contribution in [1.82, 2.24) is 5.32 Å². The Morgan fingerprint density at radius 3 is 2.70 bits per heavy atom. The Balaban J connectivity index is 1.90. The van der Waals surface area contributed by atoms with E-state index in [1.807, 2.05) is 18.2 Å². The molecule has 0 radical (unpaired) electrons. The second-order valence-corrected chi connectivity index (χ2v) is 7.58. The first-order valence-electron chi connectivity index (χ1n) is 7.53. The molecule has 1 aliphatic rings. The summed E-state index contributed by atoms with van der Waals surface area (Å²) in [7, 11) is -1.27. The molecule has 2 rings (SSSR count). The van der Waals surface area contributed by atoms with Crippen molar-refractivity contribution >= 4 is 21.5 Å². The second-order valence-electron chi connectivity index (χ2n) is 5.32. The van der Waals surface area contributed by atoms with Crippen molar-refractivity contribution < 1.29 is 17.9 Å². The lowest BCUT2D eigenvalue weighted by molar-refractivity contribution is 0.297. The molecule has 2 N–H and O–H groups in total. The van der Waals surface area contributed by atoms with Crippen LogP contribution in [0, 0.1) is 0 Å². The first-order valence-corrected chi connectivity index (χ1v) is 9.59. The van der Waals surface area contributed by atoms with E-state index >= 15 is 0 Å². The van der Waals surface area contributed by atoms with Gasteiger partial charge >= 0.3 is 0 Å². The Morgan fingerprint density at radius 2 is 2.00 bits per heavy atom. The van der Waals surface area contributed by atoms with E-state index < -0.39 is 9.84 Å². The lowest BCUT2D eigenvalue weighted by Crippen LogP contribution is -2.32. The lowest BCUT2D eigenvalue weighted by atomic mass is 10.3. The van der Waals surface area contributed by atoms with Crippen LogP contribution in [0.3, 0.4) is 0 Å². The van der Waals surface area contributed by atoms with E-state index in [0.29, 0.717) is 37.9 Å². The van der Waals surface area contributed by atoms with E-state index in [2.05, 4.69) is 15.6 Å². The van der Waals surface area contributed by atoms with Gasteiger partial charge in [-0.2, -0.15) is 0 Å². The molecule has 7 nitrogen and oxygen atoms in total. The molecule has 0 bridgehead atoms. The molecule has 0 aliphatic carbocycles. The molecule has 1 aliphatic heterocycles. The molecule has 1 heterocycles. The second kappa shape index (κ2) is 8.05. The number of sulfone groups is 1. The molecule has 0 fully saturated rings. The van der Waals surface area contributed by atoms with E-state index in [4.69, 9.17) is 9.47 Å². The maximum absolute atomic E-state index is 11.1. The number of fused-ring (bicyclic) bond motifs is 1. The Kier molecular flexibility index (Phi) is 6.09. The molecule has 8 heteroatoms. The number of aliphatic imine (C=N–C) groups is 1. The zero-order valence-corrected chi connectivity index (χ0v) is 14.3. The van der Waals surface area contributed by atoms with Crippen molar-refractivity contribution in [2.24, 2.45) is 4.99 Å². The molecular weight excluding hydrogens is 318 g/mol. The minimum Gasteiger partial charge on any atom is -0.490 e. The number of nitrogens with zero attached hydrogens (tertiary/aromatic N) is 1. The molecule has 23 heavy (non-hydrogen) atoms. The Morgan fingerprint density at radius 1 is 1.26 bits per heavy atom. The van der Waals surface area contributed by atoms with Gasteiger partial charge in [-0.3, -0.25) is 4.99 Å². The lowest BCUT2D eigenvalue weighted by Gasteiger charge is -2.13. The van der Waals surface area contributed by atoms with Gasteiger partial charge in [0.1, 0.15) is 9.84 Å². The fraction of sp³-hybridized carbons (Fsp3) is 0.533. The van der Waals surface area contributed by atoms with Crippen LogP contribution in [0.15, 0.2) is 23.2 Å². The first kappa shape index (κ1) is 17.4. The predicted molar refractivity (Wildman–Crippen MR) is 91.4 cm³/mol. The van der Waals surface area contributed by atoms with Gasteiger partial charge in [0.05, 0.1) is 19.0 Å². The number of nitrogens with one attached hydrogen (secondary N) is 2. The maximum atomic E-state index is 11.1. The van der Waals surface area contributed by atoms with Crippen molar-refractivity contribution in [2.75, 3.05) is 44.1 Å². The van der Waals surface area contributed by atoms with Gasteiger partial charge < -0.3 is 20.1 Å². The van der Waals surface area contributed by atoms with E-state index in [0.717, 1.165) is 17.9 Å². The fourth-order valence-electron chi connectivity index (χ4n) is 2.10. The first-order chi connectivity index (χ1) is 11.0. The molecule has 0 aromatic heterocycles. The summed E-state index contributed by atoms with van der Waals surface area (Å²) in [5, 5.41) is 6.24. The molecule has 1 aromatic carbocycles. The van der Waals surface area contributed by atoms with Gasteiger partial charge in [-0.15, -0.1) is 0 Å². The largest absolute Gasteiger partial charge is 0.490 e. The number of hydrogen-bond donors (Lipinski definition) is 2. The van der Waals surface area contributed by atoms with Crippen LogP contribution in [0.4, 0.5) is 5.69 Å². The van der Waals surface area contributed by atoms with Crippen LogP contribution in [0.25, 0.3) is 0 Å². The molecule has 128 valence electrons. The van der Waals surface area contributed by atoms with Crippen LogP contribution in [0.1, 0.15) is 12.8 Å². The summed E-state index contributed by atoms with van der Waals surface area (Å²) >= 11 is 0. The van der Waals surface area contributed by atoms with Crippen LogP contribution in [0.5, 0.6) is 11.5 Å². The van der Waals surface area contributed by atoms with Gasteiger partial charge in [0.15, 0.2) is 17.5 Å². The summed E-state index contributed by atoms with van der Waals surface area (Å²) in [6.45, 7) is 1.82.